The highest BCUT2D eigenvalue weighted by molar-refractivity contribution is 5.62. The van der Waals surface area contributed by atoms with Crippen LogP contribution in [0.2, 0.25) is 0 Å². The van der Waals surface area contributed by atoms with E-state index in [0.29, 0.717) is 5.92 Å². The fraction of sp³-hybridized carbons (Fsp3) is 0.238. The maximum atomic E-state index is 4.18. The zero-order valence-electron chi connectivity index (χ0n) is 13.3. The van der Waals surface area contributed by atoms with Gasteiger partial charge in [-0.3, -0.25) is 0 Å². The lowest BCUT2D eigenvalue weighted by atomic mass is 9.88. The Balaban J connectivity index is 1.64. The van der Waals surface area contributed by atoms with Crippen LogP contribution >= 0.6 is 0 Å². The largest absolute Gasteiger partial charge is 0.381 e. The first kappa shape index (κ1) is 14.6. The van der Waals surface area contributed by atoms with Gasteiger partial charge in [0.1, 0.15) is 0 Å². The molecule has 1 unspecified atom stereocenters. The number of aryl methyl sites for hydroxylation is 1. The number of hydrogen-bond acceptors (Lipinski definition) is 1. The van der Waals surface area contributed by atoms with Crippen molar-refractivity contribution in [2.75, 3.05) is 6.54 Å². The molecule has 0 aliphatic heterocycles. The average Bonchev–Trinajstić information content (AvgIpc) is 2.80. The van der Waals surface area contributed by atoms with E-state index in [2.05, 4.69) is 68.4 Å². The number of allylic oxidation sites excluding steroid dienone is 4. The van der Waals surface area contributed by atoms with E-state index >= 15 is 0 Å². The van der Waals surface area contributed by atoms with Crippen LogP contribution in [0, 0.1) is 12.8 Å². The van der Waals surface area contributed by atoms with E-state index in [4.69, 9.17) is 0 Å². The molecule has 0 aromatic heterocycles. The summed E-state index contributed by atoms with van der Waals surface area (Å²) in [7, 11) is 0. The standard InChI is InChI=1S/C21H23N/c1-14-5-8-19(9-6-14)17(4)22-13-18-7-10-20-15(2)11-16(3)21(20)12-18/h5-9,12,20,22H,2-4,10-11,13H2,1H3. The van der Waals surface area contributed by atoms with Gasteiger partial charge in [-0.25, -0.2) is 0 Å². The second-order valence-corrected chi connectivity index (χ2v) is 6.30. The van der Waals surface area contributed by atoms with E-state index in [0.717, 1.165) is 30.6 Å². The SMILES string of the molecule is C=C1CC(=C)C2CC=C(CNC(=C)c3ccc(C)cc3)C=C12. The molecular weight excluding hydrogens is 266 g/mol. The van der Waals surface area contributed by atoms with Gasteiger partial charge in [0.15, 0.2) is 0 Å². The van der Waals surface area contributed by atoms with Crippen LogP contribution in [0.25, 0.3) is 5.70 Å². The smallest absolute Gasteiger partial charge is 0.0397 e. The molecule has 3 rings (SSSR count). The van der Waals surface area contributed by atoms with Crippen LogP contribution in [0.4, 0.5) is 0 Å². The molecule has 1 heteroatoms. The summed E-state index contributed by atoms with van der Waals surface area (Å²) in [6.45, 7) is 15.4. The zero-order valence-corrected chi connectivity index (χ0v) is 13.3. The van der Waals surface area contributed by atoms with Gasteiger partial charge in [-0.2, -0.15) is 0 Å². The third kappa shape index (κ3) is 2.85. The molecule has 22 heavy (non-hydrogen) atoms. The van der Waals surface area contributed by atoms with Crippen LogP contribution in [0.3, 0.4) is 0 Å². The summed E-state index contributed by atoms with van der Waals surface area (Å²) in [6, 6.07) is 8.44. The summed E-state index contributed by atoms with van der Waals surface area (Å²) in [5.41, 5.74) is 8.62. The lowest BCUT2D eigenvalue weighted by molar-refractivity contribution is 0.752. The second-order valence-electron chi connectivity index (χ2n) is 6.30. The predicted molar refractivity (Wildman–Crippen MR) is 95.4 cm³/mol. The Labute approximate surface area is 133 Å². The van der Waals surface area contributed by atoms with Crippen LogP contribution < -0.4 is 5.32 Å². The summed E-state index contributed by atoms with van der Waals surface area (Å²) in [6.07, 6.45) is 6.61. The third-order valence-electron chi connectivity index (χ3n) is 4.58. The van der Waals surface area contributed by atoms with Gasteiger partial charge >= 0.3 is 0 Å². The molecule has 1 aromatic rings. The molecule has 1 atom stereocenters. The molecule has 112 valence electrons. The Kier molecular flexibility index (Phi) is 3.89. The van der Waals surface area contributed by atoms with Crippen molar-refractivity contribution in [2.45, 2.75) is 19.8 Å². The summed E-state index contributed by atoms with van der Waals surface area (Å²) in [5, 5.41) is 3.43. The van der Waals surface area contributed by atoms with Gasteiger partial charge in [0.05, 0.1) is 0 Å². The molecule has 1 nitrogen and oxygen atoms in total. The Morgan fingerprint density at radius 3 is 2.68 bits per heavy atom. The van der Waals surface area contributed by atoms with Crippen molar-refractivity contribution in [3.63, 3.8) is 0 Å². The molecule has 1 fully saturated rings. The van der Waals surface area contributed by atoms with Crippen molar-refractivity contribution >= 4 is 5.70 Å². The lowest BCUT2D eigenvalue weighted by Gasteiger charge is -2.19. The summed E-state index contributed by atoms with van der Waals surface area (Å²) in [4.78, 5) is 0. The topological polar surface area (TPSA) is 12.0 Å². The highest BCUT2D eigenvalue weighted by atomic mass is 14.9. The molecule has 1 aromatic carbocycles. The number of nitrogens with one attached hydrogen (secondary N) is 1. The number of rotatable bonds is 4. The maximum Gasteiger partial charge on any atom is 0.0397 e. The number of fused-ring (bicyclic) bond motifs is 1. The molecule has 0 radical (unpaired) electrons. The maximum absolute atomic E-state index is 4.18. The number of hydrogen-bond donors (Lipinski definition) is 1. The van der Waals surface area contributed by atoms with Crippen molar-refractivity contribution in [1.82, 2.24) is 5.32 Å². The summed E-state index contributed by atoms with van der Waals surface area (Å²) < 4.78 is 0. The molecule has 0 amide bonds. The molecule has 2 aliphatic carbocycles. The van der Waals surface area contributed by atoms with Crippen molar-refractivity contribution < 1.29 is 0 Å². The number of benzene rings is 1. The van der Waals surface area contributed by atoms with Crippen molar-refractivity contribution in [3.8, 4) is 0 Å². The van der Waals surface area contributed by atoms with Gasteiger partial charge in [-0.15, -0.1) is 0 Å². The second kappa shape index (κ2) is 5.84. The molecule has 1 saturated carbocycles. The minimum absolute atomic E-state index is 0.497. The van der Waals surface area contributed by atoms with Crippen molar-refractivity contribution in [3.05, 3.63) is 89.6 Å². The van der Waals surface area contributed by atoms with E-state index in [1.165, 1.54) is 27.9 Å². The van der Waals surface area contributed by atoms with Gasteiger partial charge in [-0.1, -0.05) is 67.3 Å². The zero-order chi connectivity index (χ0) is 15.7. The Morgan fingerprint density at radius 2 is 1.95 bits per heavy atom. The van der Waals surface area contributed by atoms with Crippen LogP contribution in [-0.2, 0) is 0 Å². The van der Waals surface area contributed by atoms with E-state index in [-0.39, 0.29) is 0 Å². The normalized spacial score (nSPS) is 20.3. The minimum atomic E-state index is 0.497. The Morgan fingerprint density at radius 1 is 1.23 bits per heavy atom. The van der Waals surface area contributed by atoms with Gasteiger partial charge in [-0.05, 0) is 42.0 Å². The first-order chi connectivity index (χ1) is 10.5. The fourth-order valence-electron chi connectivity index (χ4n) is 3.18. The fourth-order valence-corrected chi connectivity index (χ4v) is 3.18. The van der Waals surface area contributed by atoms with Gasteiger partial charge < -0.3 is 5.32 Å². The van der Waals surface area contributed by atoms with Gasteiger partial charge in [0.25, 0.3) is 0 Å². The molecule has 1 N–H and O–H groups in total. The van der Waals surface area contributed by atoms with E-state index in [1.54, 1.807) is 0 Å². The molecule has 0 spiro atoms. The molecule has 0 bridgehead atoms. The molecule has 0 saturated heterocycles. The molecule has 2 aliphatic rings. The van der Waals surface area contributed by atoms with Crippen molar-refractivity contribution in [2.24, 2.45) is 5.92 Å². The highest BCUT2D eigenvalue weighted by Crippen LogP contribution is 2.43. The quantitative estimate of drug-likeness (QED) is 0.774. The average molecular weight is 289 g/mol. The van der Waals surface area contributed by atoms with Gasteiger partial charge in [0, 0.05) is 18.2 Å². The molecule has 0 heterocycles. The van der Waals surface area contributed by atoms with Gasteiger partial charge in [0.2, 0.25) is 0 Å². The summed E-state index contributed by atoms with van der Waals surface area (Å²) >= 11 is 0. The summed E-state index contributed by atoms with van der Waals surface area (Å²) in [5.74, 6) is 0.497. The van der Waals surface area contributed by atoms with E-state index in [9.17, 15) is 0 Å². The lowest BCUT2D eigenvalue weighted by Crippen LogP contribution is -2.16. The van der Waals surface area contributed by atoms with Crippen LogP contribution in [-0.4, -0.2) is 6.54 Å². The monoisotopic (exact) mass is 289 g/mol. The Bertz CT molecular complexity index is 698. The highest BCUT2D eigenvalue weighted by Gasteiger charge is 2.28. The Hall–Kier alpha value is -2.28. The first-order valence-corrected chi connectivity index (χ1v) is 7.81. The minimum Gasteiger partial charge on any atom is -0.381 e. The van der Waals surface area contributed by atoms with Crippen LogP contribution in [0.5, 0.6) is 0 Å². The van der Waals surface area contributed by atoms with E-state index < -0.39 is 0 Å². The van der Waals surface area contributed by atoms with Crippen LogP contribution in [0.1, 0.15) is 24.0 Å². The van der Waals surface area contributed by atoms with Crippen LogP contribution in [0.15, 0.2) is 78.4 Å². The van der Waals surface area contributed by atoms with Crippen molar-refractivity contribution in [1.29, 1.82) is 0 Å². The molecular formula is C21H23N. The predicted octanol–water partition coefficient (Wildman–Crippen LogP) is 4.94. The third-order valence-corrected chi connectivity index (χ3v) is 4.58. The van der Waals surface area contributed by atoms with E-state index in [1.807, 2.05) is 0 Å². The first-order valence-electron chi connectivity index (χ1n) is 7.81.